The Balaban J connectivity index is 2.21. The van der Waals surface area contributed by atoms with Crippen molar-refractivity contribution >= 4 is 0 Å². The number of para-hydroxylation sites is 1. The van der Waals surface area contributed by atoms with E-state index in [2.05, 4.69) is 13.3 Å². The van der Waals surface area contributed by atoms with Crippen LogP contribution in [0, 0.1) is 6.42 Å². The highest BCUT2D eigenvalue weighted by molar-refractivity contribution is 5.36. The van der Waals surface area contributed by atoms with E-state index in [1.54, 1.807) is 6.07 Å². The monoisotopic (exact) mass is 191 g/mol. The van der Waals surface area contributed by atoms with Gasteiger partial charge in [0.2, 0.25) is 0 Å². The Morgan fingerprint density at radius 1 is 1.14 bits per heavy atom. The molecule has 0 aliphatic rings. The zero-order valence-corrected chi connectivity index (χ0v) is 8.87. The van der Waals surface area contributed by atoms with Crippen LogP contribution >= 0.6 is 0 Å². The van der Waals surface area contributed by atoms with Crippen LogP contribution < -0.4 is 0 Å². The molecule has 1 rings (SSSR count). The van der Waals surface area contributed by atoms with Crippen molar-refractivity contribution in [2.45, 2.75) is 39.0 Å². The maximum Gasteiger partial charge on any atom is 0.119 e. The minimum Gasteiger partial charge on any atom is -0.508 e. The second kappa shape index (κ2) is 6.47. The number of rotatable bonds is 6. The maximum atomic E-state index is 9.48. The minimum atomic E-state index is 0.392. The minimum absolute atomic E-state index is 0.392. The van der Waals surface area contributed by atoms with Gasteiger partial charge >= 0.3 is 0 Å². The lowest BCUT2D eigenvalue weighted by Gasteiger charge is -2.03. The van der Waals surface area contributed by atoms with Gasteiger partial charge in [0.25, 0.3) is 0 Å². The first-order valence-corrected chi connectivity index (χ1v) is 5.45. The summed E-state index contributed by atoms with van der Waals surface area (Å²) in [5.74, 6) is 0.392. The Labute approximate surface area is 86.8 Å². The SMILES string of the molecule is CCCCCC[CH]c1ccccc1O. The first-order chi connectivity index (χ1) is 6.84. The van der Waals surface area contributed by atoms with Crippen molar-refractivity contribution in [2.75, 3.05) is 0 Å². The number of unbranched alkanes of at least 4 members (excludes halogenated alkanes) is 4. The molecule has 0 fully saturated rings. The molecule has 1 nitrogen and oxygen atoms in total. The van der Waals surface area contributed by atoms with E-state index in [0.29, 0.717) is 5.75 Å². The fourth-order valence-corrected chi connectivity index (χ4v) is 1.49. The number of aromatic hydroxyl groups is 1. The van der Waals surface area contributed by atoms with Gasteiger partial charge in [0, 0.05) is 0 Å². The molecule has 1 radical (unpaired) electrons. The average molecular weight is 191 g/mol. The van der Waals surface area contributed by atoms with Gasteiger partial charge in [0.15, 0.2) is 0 Å². The van der Waals surface area contributed by atoms with Gasteiger partial charge in [-0.25, -0.2) is 0 Å². The van der Waals surface area contributed by atoms with Crippen LogP contribution in [0.2, 0.25) is 0 Å². The summed E-state index contributed by atoms with van der Waals surface area (Å²) in [6.07, 6.45) is 8.29. The molecule has 0 unspecified atom stereocenters. The lowest BCUT2D eigenvalue weighted by molar-refractivity contribution is 0.471. The molecule has 1 aromatic rings. The standard InChI is InChI=1S/C13H19O/c1-2-3-4-5-6-9-12-10-7-8-11-13(12)14/h7-11,14H,2-6H2,1H3. The Hall–Kier alpha value is -0.980. The first-order valence-electron chi connectivity index (χ1n) is 5.45. The molecular weight excluding hydrogens is 172 g/mol. The van der Waals surface area contributed by atoms with Crippen molar-refractivity contribution in [1.82, 2.24) is 0 Å². The van der Waals surface area contributed by atoms with Crippen LogP contribution in [0.5, 0.6) is 5.75 Å². The van der Waals surface area contributed by atoms with Crippen molar-refractivity contribution in [2.24, 2.45) is 0 Å². The molecule has 0 aromatic heterocycles. The molecule has 0 saturated carbocycles. The Kier molecular flexibility index (Phi) is 5.13. The third kappa shape index (κ3) is 3.82. The van der Waals surface area contributed by atoms with Gasteiger partial charge in [-0.15, -0.1) is 0 Å². The van der Waals surface area contributed by atoms with E-state index in [9.17, 15) is 5.11 Å². The molecule has 0 atom stereocenters. The third-order valence-electron chi connectivity index (χ3n) is 2.36. The summed E-state index contributed by atoms with van der Waals surface area (Å²) in [5, 5.41) is 9.48. The van der Waals surface area contributed by atoms with Crippen LogP contribution in [0.3, 0.4) is 0 Å². The maximum absolute atomic E-state index is 9.48. The fourth-order valence-electron chi connectivity index (χ4n) is 1.49. The smallest absolute Gasteiger partial charge is 0.119 e. The van der Waals surface area contributed by atoms with Crippen molar-refractivity contribution in [3.63, 3.8) is 0 Å². The molecule has 1 heteroatoms. The van der Waals surface area contributed by atoms with Crippen LogP contribution in [0.25, 0.3) is 0 Å². The second-order valence-electron chi connectivity index (χ2n) is 3.61. The normalized spacial score (nSPS) is 10.4. The predicted octanol–water partition coefficient (Wildman–Crippen LogP) is 3.91. The lowest BCUT2D eigenvalue weighted by atomic mass is 10.0. The van der Waals surface area contributed by atoms with E-state index in [-0.39, 0.29) is 0 Å². The van der Waals surface area contributed by atoms with Crippen molar-refractivity contribution in [1.29, 1.82) is 0 Å². The van der Waals surface area contributed by atoms with E-state index in [1.165, 1.54) is 25.7 Å². The molecule has 0 spiro atoms. The summed E-state index contributed by atoms with van der Waals surface area (Å²) in [5.41, 5.74) is 0.962. The first kappa shape index (κ1) is 11.1. The van der Waals surface area contributed by atoms with Crippen LogP contribution in [0.1, 0.15) is 44.6 Å². The van der Waals surface area contributed by atoms with Crippen LogP contribution in [0.4, 0.5) is 0 Å². The molecule has 0 amide bonds. The average Bonchev–Trinajstić information content (AvgIpc) is 2.20. The lowest BCUT2D eigenvalue weighted by Crippen LogP contribution is -1.83. The van der Waals surface area contributed by atoms with E-state index in [0.717, 1.165) is 12.0 Å². The molecule has 0 bridgehead atoms. The van der Waals surface area contributed by atoms with Crippen LogP contribution in [0.15, 0.2) is 24.3 Å². The zero-order valence-electron chi connectivity index (χ0n) is 8.87. The number of hydrogen-bond donors (Lipinski definition) is 1. The van der Waals surface area contributed by atoms with Gasteiger partial charge in [-0.3, -0.25) is 0 Å². The zero-order chi connectivity index (χ0) is 10.2. The second-order valence-corrected chi connectivity index (χ2v) is 3.61. The third-order valence-corrected chi connectivity index (χ3v) is 2.36. The van der Waals surface area contributed by atoms with Gasteiger partial charge in [-0.05, 0) is 24.5 Å². The van der Waals surface area contributed by atoms with Gasteiger partial charge in [-0.1, -0.05) is 50.8 Å². The molecule has 1 aromatic carbocycles. The summed E-state index contributed by atoms with van der Waals surface area (Å²) < 4.78 is 0. The highest BCUT2D eigenvalue weighted by atomic mass is 16.3. The van der Waals surface area contributed by atoms with Crippen LogP contribution in [-0.4, -0.2) is 5.11 Å². The molecule has 1 N–H and O–H groups in total. The molecule has 0 saturated heterocycles. The molecule has 14 heavy (non-hydrogen) atoms. The fraction of sp³-hybridized carbons (Fsp3) is 0.462. The quantitative estimate of drug-likeness (QED) is 0.676. The molecule has 0 aliphatic heterocycles. The number of benzene rings is 1. The summed E-state index contributed by atoms with van der Waals surface area (Å²) in [6, 6.07) is 7.49. The van der Waals surface area contributed by atoms with E-state index >= 15 is 0 Å². The molecular formula is C13H19O. The Morgan fingerprint density at radius 2 is 1.93 bits per heavy atom. The molecule has 0 heterocycles. The summed E-state index contributed by atoms with van der Waals surface area (Å²) >= 11 is 0. The van der Waals surface area contributed by atoms with Gasteiger partial charge in [-0.2, -0.15) is 0 Å². The molecule has 77 valence electrons. The van der Waals surface area contributed by atoms with Crippen molar-refractivity contribution in [3.05, 3.63) is 36.2 Å². The van der Waals surface area contributed by atoms with Gasteiger partial charge < -0.3 is 5.11 Å². The Bertz CT molecular complexity index is 255. The largest absolute Gasteiger partial charge is 0.508 e. The highest BCUT2D eigenvalue weighted by Gasteiger charge is 1.98. The van der Waals surface area contributed by atoms with E-state index < -0.39 is 0 Å². The number of phenols is 1. The topological polar surface area (TPSA) is 20.2 Å². The van der Waals surface area contributed by atoms with Crippen molar-refractivity contribution < 1.29 is 5.11 Å². The summed E-state index contributed by atoms with van der Waals surface area (Å²) in [7, 11) is 0. The predicted molar refractivity (Wildman–Crippen MR) is 60.3 cm³/mol. The van der Waals surface area contributed by atoms with Crippen LogP contribution in [-0.2, 0) is 0 Å². The summed E-state index contributed by atoms with van der Waals surface area (Å²) in [6.45, 7) is 2.22. The Morgan fingerprint density at radius 3 is 2.64 bits per heavy atom. The van der Waals surface area contributed by atoms with Gasteiger partial charge in [0.05, 0.1) is 0 Å². The molecule has 0 aliphatic carbocycles. The number of phenolic OH excluding ortho intramolecular Hbond substituents is 1. The highest BCUT2D eigenvalue weighted by Crippen LogP contribution is 2.20. The van der Waals surface area contributed by atoms with Gasteiger partial charge in [0.1, 0.15) is 5.75 Å². The van der Waals surface area contributed by atoms with E-state index in [4.69, 9.17) is 0 Å². The van der Waals surface area contributed by atoms with E-state index in [1.807, 2.05) is 18.2 Å². The number of hydrogen-bond acceptors (Lipinski definition) is 1. The summed E-state index contributed by atoms with van der Waals surface area (Å²) in [4.78, 5) is 0. The van der Waals surface area contributed by atoms with Crippen molar-refractivity contribution in [3.8, 4) is 5.75 Å².